The van der Waals surface area contributed by atoms with Crippen molar-refractivity contribution >= 4 is 5.78 Å². The molecule has 0 unspecified atom stereocenters. The molecule has 0 aromatic heterocycles. The highest BCUT2D eigenvalue weighted by Crippen LogP contribution is 2.60. The highest BCUT2D eigenvalue weighted by molar-refractivity contribution is 5.87. The fourth-order valence-electron chi connectivity index (χ4n) is 4.99. The van der Waals surface area contributed by atoms with E-state index in [0.29, 0.717) is 12.2 Å². The van der Waals surface area contributed by atoms with E-state index in [1.165, 1.54) is 38.5 Å². The summed E-state index contributed by atoms with van der Waals surface area (Å²) < 4.78 is 0. The number of hydrogen-bond acceptors (Lipinski definition) is 1. The number of rotatable bonds is 4. The molecule has 0 spiro atoms. The van der Waals surface area contributed by atoms with Crippen molar-refractivity contribution in [2.45, 2.75) is 58.3 Å². The average molecular weight is 232 g/mol. The van der Waals surface area contributed by atoms with Crippen LogP contribution in [-0.2, 0) is 4.79 Å². The van der Waals surface area contributed by atoms with E-state index in [1.807, 2.05) is 0 Å². The average Bonchev–Trinajstić information content (AvgIpc) is 2.26. The summed E-state index contributed by atoms with van der Waals surface area (Å²) in [5.74, 6) is 3.16. The molecule has 0 aromatic carbocycles. The Balaban J connectivity index is 1.77. The van der Waals surface area contributed by atoms with Gasteiger partial charge in [-0.3, -0.25) is 4.79 Å². The first-order valence-electron chi connectivity index (χ1n) is 7.31. The number of Topliss-reactive ketones (excluding diaryl/α,β-unsaturated/α-hetero) is 1. The van der Waals surface area contributed by atoms with Crippen LogP contribution in [0.5, 0.6) is 0 Å². The van der Waals surface area contributed by atoms with E-state index in [1.54, 1.807) is 0 Å². The van der Waals surface area contributed by atoms with E-state index >= 15 is 0 Å². The molecule has 0 N–H and O–H groups in total. The van der Waals surface area contributed by atoms with Gasteiger partial charge in [0.1, 0.15) is 5.78 Å². The van der Waals surface area contributed by atoms with Gasteiger partial charge in [-0.2, -0.15) is 0 Å². The summed E-state index contributed by atoms with van der Waals surface area (Å²) in [5, 5.41) is 0. The zero-order valence-electron chi connectivity index (χ0n) is 11.0. The second kappa shape index (κ2) is 3.96. The van der Waals surface area contributed by atoms with Crippen LogP contribution in [0.4, 0.5) is 0 Å². The smallest absolute Gasteiger partial charge is 0.143 e. The van der Waals surface area contributed by atoms with Crippen LogP contribution in [0.25, 0.3) is 0 Å². The van der Waals surface area contributed by atoms with Gasteiger partial charge in [0.2, 0.25) is 0 Å². The molecule has 0 atom stereocenters. The zero-order chi connectivity index (χ0) is 12.0. The predicted molar refractivity (Wildman–Crippen MR) is 69.7 cm³/mol. The lowest BCUT2D eigenvalue weighted by Crippen LogP contribution is -2.50. The molecule has 4 aliphatic rings. The molecule has 0 aromatic rings. The Bertz CT molecular complexity index is 317. The standard InChI is InChI=1S/C16H24O/c1-3-11(2)4-15(17)16-8-12-5-13(9-16)7-14(6-12)10-16/h12-14H,2-10H2,1H3. The topological polar surface area (TPSA) is 17.1 Å². The fraction of sp³-hybridized carbons (Fsp3) is 0.812. The maximum Gasteiger partial charge on any atom is 0.143 e. The van der Waals surface area contributed by atoms with Gasteiger partial charge in [0.05, 0.1) is 0 Å². The van der Waals surface area contributed by atoms with Crippen molar-refractivity contribution in [2.75, 3.05) is 0 Å². The van der Waals surface area contributed by atoms with Crippen LogP contribution in [0.2, 0.25) is 0 Å². The van der Waals surface area contributed by atoms with Gasteiger partial charge in [-0.15, -0.1) is 0 Å². The van der Waals surface area contributed by atoms with Crippen LogP contribution < -0.4 is 0 Å². The molecule has 4 aliphatic carbocycles. The van der Waals surface area contributed by atoms with Gasteiger partial charge in [-0.1, -0.05) is 19.1 Å². The molecule has 4 rings (SSSR count). The molecule has 17 heavy (non-hydrogen) atoms. The monoisotopic (exact) mass is 232 g/mol. The quantitative estimate of drug-likeness (QED) is 0.666. The van der Waals surface area contributed by atoms with Crippen LogP contribution in [0.15, 0.2) is 12.2 Å². The summed E-state index contributed by atoms with van der Waals surface area (Å²) >= 11 is 0. The molecule has 0 saturated heterocycles. The van der Waals surface area contributed by atoms with Crippen molar-refractivity contribution in [3.8, 4) is 0 Å². The molecule has 1 nitrogen and oxygen atoms in total. The maximum atomic E-state index is 12.6. The van der Waals surface area contributed by atoms with Crippen LogP contribution in [0.1, 0.15) is 58.3 Å². The summed E-state index contributed by atoms with van der Waals surface area (Å²) in [5.41, 5.74) is 1.22. The maximum absolute atomic E-state index is 12.6. The molecule has 0 amide bonds. The fourth-order valence-corrected chi connectivity index (χ4v) is 4.99. The highest BCUT2D eigenvalue weighted by atomic mass is 16.1. The second-order valence-electron chi connectivity index (χ2n) is 6.90. The van der Waals surface area contributed by atoms with Crippen molar-refractivity contribution in [1.82, 2.24) is 0 Å². The lowest BCUT2D eigenvalue weighted by Gasteiger charge is -2.56. The SMILES string of the molecule is C=C(CC)CC(=O)C12CC3CC(CC(C3)C1)C2. The Morgan fingerprint density at radius 2 is 1.59 bits per heavy atom. The summed E-state index contributed by atoms with van der Waals surface area (Å²) in [4.78, 5) is 12.6. The molecule has 94 valence electrons. The Morgan fingerprint density at radius 1 is 1.12 bits per heavy atom. The number of ketones is 1. The van der Waals surface area contributed by atoms with Crippen molar-refractivity contribution in [3.63, 3.8) is 0 Å². The summed E-state index contributed by atoms with van der Waals surface area (Å²) in [6.07, 6.45) is 9.48. The Kier molecular flexibility index (Phi) is 2.68. The van der Waals surface area contributed by atoms with Gasteiger partial charge in [-0.05, 0) is 62.7 Å². The normalized spacial score (nSPS) is 42.8. The van der Waals surface area contributed by atoms with Crippen molar-refractivity contribution in [1.29, 1.82) is 0 Å². The first-order valence-corrected chi connectivity index (χ1v) is 7.31. The summed E-state index contributed by atoms with van der Waals surface area (Å²) in [7, 11) is 0. The lowest BCUT2D eigenvalue weighted by molar-refractivity contribution is -0.143. The molecule has 4 saturated carbocycles. The molecule has 4 bridgehead atoms. The van der Waals surface area contributed by atoms with Crippen molar-refractivity contribution in [3.05, 3.63) is 12.2 Å². The Hall–Kier alpha value is -0.590. The largest absolute Gasteiger partial charge is 0.299 e. The van der Waals surface area contributed by atoms with Crippen molar-refractivity contribution in [2.24, 2.45) is 23.2 Å². The lowest BCUT2D eigenvalue weighted by atomic mass is 9.48. The van der Waals surface area contributed by atoms with E-state index in [2.05, 4.69) is 13.5 Å². The second-order valence-corrected chi connectivity index (χ2v) is 6.90. The minimum Gasteiger partial charge on any atom is -0.299 e. The molecule has 0 aliphatic heterocycles. The van der Waals surface area contributed by atoms with Crippen LogP contribution in [0.3, 0.4) is 0 Å². The van der Waals surface area contributed by atoms with E-state index in [4.69, 9.17) is 0 Å². The summed E-state index contributed by atoms with van der Waals surface area (Å²) in [6.45, 7) is 6.13. The number of allylic oxidation sites excluding steroid dienone is 1. The third-order valence-corrected chi connectivity index (χ3v) is 5.54. The van der Waals surface area contributed by atoms with Crippen LogP contribution in [-0.4, -0.2) is 5.78 Å². The van der Waals surface area contributed by atoms with E-state index < -0.39 is 0 Å². The Labute approximate surface area is 105 Å². The van der Waals surface area contributed by atoms with E-state index in [-0.39, 0.29) is 5.41 Å². The number of hydrogen-bond donors (Lipinski definition) is 0. The molecule has 4 fully saturated rings. The van der Waals surface area contributed by atoms with Gasteiger partial charge in [-0.25, -0.2) is 0 Å². The first-order chi connectivity index (χ1) is 8.11. The third-order valence-electron chi connectivity index (χ3n) is 5.54. The van der Waals surface area contributed by atoms with Gasteiger partial charge < -0.3 is 0 Å². The van der Waals surface area contributed by atoms with E-state index in [9.17, 15) is 4.79 Å². The first kappa shape index (κ1) is 11.5. The van der Waals surface area contributed by atoms with E-state index in [0.717, 1.165) is 29.7 Å². The summed E-state index contributed by atoms with van der Waals surface area (Å²) in [6, 6.07) is 0. The molecular weight excluding hydrogens is 208 g/mol. The van der Waals surface area contributed by atoms with Crippen molar-refractivity contribution < 1.29 is 4.79 Å². The number of carbonyl (C=O) groups excluding carboxylic acids is 1. The zero-order valence-corrected chi connectivity index (χ0v) is 11.0. The van der Waals surface area contributed by atoms with Gasteiger partial charge in [0.15, 0.2) is 0 Å². The predicted octanol–water partition coefficient (Wildman–Crippen LogP) is 4.13. The molecule has 1 heteroatoms. The highest BCUT2D eigenvalue weighted by Gasteiger charge is 2.53. The number of carbonyl (C=O) groups is 1. The third kappa shape index (κ3) is 1.88. The minimum absolute atomic E-state index is 0.0901. The molecular formula is C16H24O. The minimum atomic E-state index is 0.0901. The molecule has 0 heterocycles. The van der Waals surface area contributed by atoms with Crippen LogP contribution in [0, 0.1) is 23.2 Å². The van der Waals surface area contributed by atoms with Gasteiger partial charge in [0, 0.05) is 11.8 Å². The molecule has 0 radical (unpaired) electrons. The van der Waals surface area contributed by atoms with Crippen LogP contribution >= 0.6 is 0 Å². The Morgan fingerprint density at radius 3 is 2.00 bits per heavy atom. The van der Waals surface area contributed by atoms with Gasteiger partial charge >= 0.3 is 0 Å². The van der Waals surface area contributed by atoms with Gasteiger partial charge in [0.25, 0.3) is 0 Å².